The fourth-order valence-corrected chi connectivity index (χ4v) is 2.05. The standard InChI is InChI=1S/C15H18N4O3/c1-10(2)9-13(15(21)22)17-14(20)11-3-5-12(6-4-11)19-8-7-16-18-19/h3-8,10,13H,9H2,1-2H3,(H,17,20)(H,21,22)/t13-/m1/s1. The highest BCUT2D eigenvalue weighted by molar-refractivity contribution is 5.96. The molecule has 0 spiro atoms. The quantitative estimate of drug-likeness (QED) is 0.842. The maximum absolute atomic E-state index is 12.1. The number of carbonyl (C=O) groups is 2. The van der Waals surface area contributed by atoms with E-state index in [9.17, 15) is 9.59 Å². The summed E-state index contributed by atoms with van der Waals surface area (Å²) >= 11 is 0. The normalized spacial score (nSPS) is 12.1. The van der Waals surface area contributed by atoms with Crippen LogP contribution in [-0.2, 0) is 4.79 Å². The van der Waals surface area contributed by atoms with E-state index in [-0.39, 0.29) is 5.92 Å². The zero-order valence-electron chi connectivity index (χ0n) is 12.4. The Balaban J connectivity index is 2.07. The minimum atomic E-state index is -1.03. The Bertz CT molecular complexity index is 635. The third kappa shape index (κ3) is 3.91. The average Bonchev–Trinajstić information content (AvgIpc) is 3.00. The highest BCUT2D eigenvalue weighted by Crippen LogP contribution is 2.10. The summed E-state index contributed by atoms with van der Waals surface area (Å²) in [5, 5.41) is 19.3. The van der Waals surface area contributed by atoms with Gasteiger partial charge in [-0.3, -0.25) is 4.79 Å². The van der Waals surface area contributed by atoms with Gasteiger partial charge in [-0.25, -0.2) is 9.48 Å². The van der Waals surface area contributed by atoms with Crippen molar-refractivity contribution in [2.24, 2.45) is 5.92 Å². The molecule has 1 aromatic heterocycles. The maximum Gasteiger partial charge on any atom is 0.326 e. The SMILES string of the molecule is CC(C)C[C@@H](NC(=O)c1ccc(-n2ccnn2)cc1)C(=O)O. The zero-order valence-corrected chi connectivity index (χ0v) is 12.4. The molecule has 1 heterocycles. The molecule has 2 aromatic rings. The molecule has 0 saturated carbocycles. The van der Waals surface area contributed by atoms with E-state index in [0.29, 0.717) is 12.0 Å². The van der Waals surface area contributed by atoms with Crippen LogP contribution >= 0.6 is 0 Å². The van der Waals surface area contributed by atoms with Gasteiger partial charge in [-0.15, -0.1) is 5.10 Å². The Kier molecular flexibility index (Phi) is 4.88. The number of aliphatic carboxylic acids is 1. The monoisotopic (exact) mass is 302 g/mol. The lowest BCUT2D eigenvalue weighted by atomic mass is 10.0. The van der Waals surface area contributed by atoms with Crippen LogP contribution in [0.4, 0.5) is 0 Å². The van der Waals surface area contributed by atoms with Gasteiger partial charge in [-0.1, -0.05) is 19.1 Å². The van der Waals surface area contributed by atoms with E-state index >= 15 is 0 Å². The van der Waals surface area contributed by atoms with Crippen molar-refractivity contribution in [1.29, 1.82) is 0 Å². The van der Waals surface area contributed by atoms with Crippen LogP contribution < -0.4 is 5.32 Å². The number of nitrogens with one attached hydrogen (secondary N) is 1. The van der Waals surface area contributed by atoms with Crippen LogP contribution in [0.25, 0.3) is 5.69 Å². The Hall–Kier alpha value is -2.70. The summed E-state index contributed by atoms with van der Waals surface area (Å²) in [6.45, 7) is 3.82. The first kappa shape index (κ1) is 15.7. The first-order chi connectivity index (χ1) is 10.5. The molecule has 0 aliphatic heterocycles. The molecule has 2 rings (SSSR count). The molecule has 116 valence electrons. The number of carbonyl (C=O) groups excluding carboxylic acids is 1. The van der Waals surface area contributed by atoms with Crippen molar-refractivity contribution < 1.29 is 14.7 Å². The molecule has 0 bridgehead atoms. The van der Waals surface area contributed by atoms with Gasteiger partial charge in [0.25, 0.3) is 5.91 Å². The van der Waals surface area contributed by atoms with Crippen molar-refractivity contribution >= 4 is 11.9 Å². The van der Waals surface area contributed by atoms with Gasteiger partial charge < -0.3 is 10.4 Å². The van der Waals surface area contributed by atoms with Crippen molar-refractivity contribution in [1.82, 2.24) is 20.3 Å². The second-order valence-corrected chi connectivity index (χ2v) is 5.39. The molecular formula is C15H18N4O3. The minimum Gasteiger partial charge on any atom is -0.480 e. The van der Waals surface area contributed by atoms with Gasteiger partial charge in [0.2, 0.25) is 0 Å². The van der Waals surface area contributed by atoms with E-state index in [1.54, 1.807) is 41.3 Å². The number of carboxylic acids is 1. The number of carboxylic acid groups (broad SMARTS) is 1. The van der Waals surface area contributed by atoms with Gasteiger partial charge in [0, 0.05) is 5.56 Å². The highest BCUT2D eigenvalue weighted by atomic mass is 16.4. The predicted octanol–water partition coefficient (Wildman–Crippen LogP) is 1.50. The lowest BCUT2D eigenvalue weighted by Gasteiger charge is -2.16. The van der Waals surface area contributed by atoms with Gasteiger partial charge in [0.05, 0.1) is 18.1 Å². The summed E-state index contributed by atoms with van der Waals surface area (Å²) in [4.78, 5) is 23.3. The molecule has 1 amide bonds. The van der Waals surface area contributed by atoms with Crippen LogP contribution in [-0.4, -0.2) is 38.0 Å². The Morgan fingerprint density at radius 2 is 1.95 bits per heavy atom. The minimum absolute atomic E-state index is 0.177. The van der Waals surface area contributed by atoms with Crippen molar-refractivity contribution in [3.05, 3.63) is 42.2 Å². The molecule has 0 radical (unpaired) electrons. The third-order valence-corrected chi connectivity index (χ3v) is 3.13. The van der Waals surface area contributed by atoms with Gasteiger partial charge in [0.15, 0.2) is 0 Å². The molecule has 1 aromatic carbocycles. The van der Waals surface area contributed by atoms with E-state index in [4.69, 9.17) is 5.11 Å². The second kappa shape index (κ2) is 6.84. The smallest absolute Gasteiger partial charge is 0.326 e. The lowest BCUT2D eigenvalue weighted by molar-refractivity contribution is -0.139. The molecule has 0 aliphatic rings. The Morgan fingerprint density at radius 1 is 1.27 bits per heavy atom. The molecule has 7 nitrogen and oxygen atoms in total. The fourth-order valence-electron chi connectivity index (χ4n) is 2.05. The summed E-state index contributed by atoms with van der Waals surface area (Å²) < 4.78 is 1.57. The zero-order chi connectivity index (χ0) is 16.1. The van der Waals surface area contributed by atoms with Gasteiger partial charge in [0.1, 0.15) is 6.04 Å². The predicted molar refractivity (Wildman–Crippen MR) is 79.7 cm³/mol. The molecule has 0 unspecified atom stereocenters. The topological polar surface area (TPSA) is 97.1 Å². The van der Waals surface area contributed by atoms with E-state index < -0.39 is 17.9 Å². The lowest BCUT2D eigenvalue weighted by Crippen LogP contribution is -2.41. The molecule has 0 saturated heterocycles. The van der Waals surface area contributed by atoms with Crippen molar-refractivity contribution in [3.63, 3.8) is 0 Å². The highest BCUT2D eigenvalue weighted by Gasteiger charge is 2.21. The van der Waals surface area contributed by atoms with E-state index in [1.165, 1.54) is 0 Å². The maximum atomic E-state index is 12.1. The summed E-state index contributed by atoms with van der Waals surface area (Å²) in [6, 6.07) is 5.81. The Morgan fingerprint density at radius 3 is 2.45 bits per heavy atom. The van der Waals surface area contributed by atoms with Gasteiger partial charge >= 0.3 is 5.97 Å². The summed E-state index contributed by atoms with van der Waals surface area (Å²) in [6.07, 6.45) is 3.64. The first-order valence-corrected chi connectivity index (χ1v) is 6.98. The van der Waals surface area contributed by atoms with Crippen LogP contribution in [0.15, 0.2) is 36.7 Å². The molecule has 0 aliphatic carbocycles. The van der Waals surface area contributed by atoms with E-state index in [2.05, 4.69) is 15.6 Å². The fraction of sp³-hybridized carbons (Fsp3) is 0.333. The molecule has 22 heavy (non-hydrogen) atoms. The molecule has 7 heteroatoms. The van der Waals surface area contributed by atoms with Crippen molar-refractivity contribution in [2.75, 3.05) is 0 Å². The van der Waals surface area contributed by atoms with E-state index in [1.807, 2.05) is 13.8 Å². The number of benzene rings is 1. The number of hydrogen-bond donors (Lipinski definition) is 2. The van der Waals surface area contributed by atoms with Crippen LogP contribution in [0.5, 0.6) is 0 Å². The summed E-state index contributed by atoms with van der Waals surface area (Å²) in [7, 11) is 0. The largest absolute Gasteiger partial charge is 0.480 e. The number of rotatable bonds is 6. The summed E-state index contributed by atoms with van der Waals surface area (Å²) in [5.41, 5.74) is 1.17. The number of amides is 1. The molecule has 0 fully saturated rings. The van der Waals surface area contributed by atoms with Gasteiger partial charge in [-0.05, 0) is 36.6 Å². The number of hydrogen-bond acceptors (Lipinski definition) is 4. The Labute approximate surface area is 128 Å². The third-order valence-electron chi connectivity index (χ3n) is 3.13. The molecular weight excluding hydrogens is 284 g/mol. The van der Waals surface area contributed by atoms with Crippen molar-refractivity contribution in [3.8, 4) is 5.69 Å². The number of nitrogens with zero attached hydrogens (tertiary/aromatic N) is 3. The van der Waals surface area contributed by atoms with Crippen LogP contribution in [0.3, 0.4) is 0 Å². The summed E-state index contributed by atoms with van der Waals surface area (Å²) in [5.74, 6) is -1.25. The van der Waals surface area contributed by atoms with Crippen molar-refractivity contribution in [2.45, 2.75) is 26.3 Å². The van der Waals surface area contributed by atoms with E-state index in [0.717, 1.165) is 5.69 Å². The number of aromatic nitrogens is 3. The van der Waals surface area contributed by atoms with Crippen LogP contribution in [0, 0.1) is 5.92 Å². The second-order valence-electron chi connectivity index (χ2n) is 5.39. The average molecular weight is 302 g/mol. The molecule has 1 atom stereocenters. The van der Waals surface area contributed by atoms with Crippen LogP contribution in [0.2, 0.25) is 0 Å². The molecule has 2 N–H and O–H groups in total. The first-order valence-electron chi connectivity index (χ1n) is 6.98. The van der Waals surface area contributed by atoms with Gasteiger partial charge in [-0.2, -0.15) is 0 Å². The van der Waals surface area contributed by atoms with Crippen LogP contribution in [0.1, 0.15) is 30.6 Å².